The molecule has 1 aliphatic heterocycles. The number of ketones is 1. The van der Waals surface area contributed by atoms with Gasteiger partial charge < -0.3 is 9.84 Å². The molecule has 2 aromatic rings. The first-order valence-electron chi connectivity index (χ1n) is 6.18. The lowest BCUT2D eigenvalue weighted by atomic mass is 9.96. The second-order valence-corrected chi connectivity index (χ2v) is 5.62. The van der Waals surface area contributed by atoms with Crippen LogP contribution in [0.25, 0.3) is 0 Å². The Balaban J connectivity index is 2.10. The molecule has 0 fully saturated rings. The maximum atomic E-state index is 12.5. The average molecular weight is 288 g/mol. The number of carboxylic acids is 1. The van der Waals surface area contributed by atoms with Gasteiger partial charge in [0.1, 0.15) is 12.4 Å². The second kappa shape index (κ2) is 4.76. The highest BCUT2D eigenvalue weighted by Crippen LogP contribution is 2.33. The molecule has 0 saturated heterocycles. The van der Waals surface area contributed by atoms with Crippen LogP contribution in [0.15, 0.2) is 29.6 Å². The highest BCUT2D eigenvalue weighted by molar-refractivity contribution is 7.12. The summed E-state index contributed by atoms with van der Waals surface area (Å²) in [6, 6.07) is 6.89. The third-order valence-electron chi connectivity index (χ3n) is 3.45. The van der Waals surface area contributed by atoms with E-state index in [1.54, 1.807) is 25.1 Å². The van der Waals surface area contributed by atoms with E-state index in [2.05, 4.69) is 0 Å². The highest BCUT2D eigenvalue weighted by atomic mass is 32.1. The summed E-state index contributed by atoms with van der Waals surface area (Å²) in [4.78, 5) is 24.2. The quantitative estimate of drug-likeness (QED) is 0.922. The van der Waals surface area contributed by atoms with Crippen LogP contribution in [0.5, 0.6) is 5.75 Å². The number of thiophene rings is 1. The van der Waals surface area contributed by atoms with E-state index in [4.69, 9.17) is 9.84 Å². The van der Waals surface area contributed by atoms with Crippen LogP contribution in [0.3, 0.4) is 0 Å². The van der Waals surface area contributed by atoms with Gasteiger partial charge in [-0.05, 0) is 36.1 Å². The van der Waals surface area contributed by atoms with Crippen molar-refractivity contribution in [1.82, 2.24) is 0 Å². The van der Waals surface area contributed by atoms with Crippen LogP contribution in [-0.4, -0.2) is 16.9 Å². The number of aliphatic carboxylic acids is 1. The lowest BCUT2D eigenvalue weighted by molar-refractivity contribution is -0.138. The molecule has 1 aliphatic rings. The summed E-state index contributed by atoms with van der Waals surface area (Å²) < 4.78 is 5.64. The van der Waals surface area contributed by atoms with Crippen molar-refractivity contribution in [2.45, 2.75) is 19.4 Å². The summed E-state index contributed by atoms with van der Waals surface area (Å²) in [7, 11) is 0. The number of benzene rings is 1. The van der Waals surface area contributed by atoms with Crippen molar-refractivity contribution >= 4 is 23.1 Å². The Bertz CT molecular complexity index is 702. The largest absolute Gasteiger partial charge is 0.488 e. The van der Waals surface area contributed by atoms with Crippen molar-refractivity contribution < 1.29 is 19.4 Å². The zero-order valence-corrected chi connectivity index (χ0v) is 11.6. The van der Waals surface area contributed by atoms with Gasteiger partial charge in [-0.15, -0.1) is 11.3 Å². The molecule has 0 amide bonds. The molecule has 0 bridgehead atoms. The number of carbonyl (C=O) groups is 2. The molecule has 102 valence electrons. The van der Waals surface area contributed by atoms with Gasteiger partial charge in [-0.1, -0.05) is 6.07 Å². The summed E-state index contributed by atoms with van der Waals surface area (Å²) in [5.41, 5.74) is 1.93. The van der Waals surface area contributed by atoms with E-state index in [9.17, 15) is 9.59 Å². The molecule has 20 heavy (non-hydrogen) atoms. The number of carbonyl (C=O) groups excluding carboxylic acids is 1. The molecule has 1 aromatic heterocycles. The highest BCUT2D eigenvalue weighted by Gasteiger charge is 2.25. The Morgan fingerprint density at radius 1 is 1.40 bits per heavy atom. The summed E-state index contributed by atoms with van der Waals surface area (Å²) in [5, 5.41) is 10.9. The van der Waals surface area contributed by atoms with Crippen LogP contribution in [0, 0.1) is 0 Å². The number of hydrogen-bond acceptors (Lipinski definition) is 4. The summed E-state index contributed by atoms with van der Waals surface area (Å²) >= 11 is 1.39. The van der Waals surface area contributed by atoms with Gasteiger partial charge in [0.05, 0.1) is 16.4 Å². The molecule has 0 radical (unpaired) electrons. The number of rotatable bonds is 2. The van der Waals surface area contributed by atoms with Gasteiger partial charge in [-0.2, -0.15) is 0 Å². The van der Waals surface area contributed by atoms with Gasteiger partial charge in [-0.25, -0.2) is 0 Å². The van der Waals surface area contributed by atoms with Crippen molar-refractivity contribution in [2.24, 2.45) is 0 Å². The molecule has 1 unspecified atom stereocenters. The maximum Gasteiger partial charge on any atom is 0.310 e. The molecular formula is C15H12O4S. The smallest absolute Gasteiger partial charge is 0.310 e. The van der Waals surface area contributed by atoms with E-state index in [1.165, 1.54) is 11.3 Å². The first-order chi connectivity index (χ1) is 9.58. The molecule has 1 aromatic carbocycles. The van der Waals surface area contributed by atoms with Crippen LogP contribution >= 0.6 is 11.3 Å². The molecule has 0 spiro atoms. The van der Waals surface area contributed by atoms with Crippen LogP contribution < -0.4 is 4.74 Å². The van der Waals surface area contributed by atoms with Crippen molar-refractivity contribution in [2.75, 3.05) is 0 Å². The van der Waals surface area contributed by atoms with Crippen LogP contribution in [-0.2, 0) is 11.4 Å². The SMILES string of the molecule is CC(C(=O)O)c1ccc2c(c1)C(=O)c1sccc1CO2. The Hall–Kier alpha value is -2.14. The first-order valence-corrected chi connectivity index (χ1v) is 7.06. The minimum Gasteiger partial charge on any atom is -0.488 e. The molecule has 0 saturated carbocycles. The Morgan fingerprint density at radius 2 is 2.20 bits per heavy atom. The van der Waals surface area contributed by atoms with Crippen molar-refractivity contribution in [3.05, 3.63) is 51.2 Å². The van der Waals surface area contributed by atoms with Gasteiger partial charge in [0, 0.05) is 5.56 Å². The first kappa shape index (κ1) is 12.9. The zero-order valence-electron chi connectivity index (χ0n) is 10.8. The summed E-state index contributed by atoms with van der Waals surface area (Å²) in [5.74, 6) is -1.15. The fraction of sp³-hybridized carbons (Fsp3) is 0.200. The van der Waals surface area contributed by atoms with E-state index in [0.717, 1.165) is 5.56 Å². The maximum absolute atomic E-state index is 12.5. The monoisotopic (exact) mass is 288 g/mol. The van der Waals surface area contributed by atoms with Crippen LogP contribution in [0.1, 0.15) is 39.2 Å². The van der Waals surface area contributed by atoms with Crippen molar-refractivity contribution in [1.29, 1.82) is 0 Å². The van der Waals surface area contributed by atoms with Crippen LogP contribution in [0.2, 0.25) is 0 Å². The second-order valence-electron chi connectivity index (χ2n) is 4.71. The summed E-state index contributed by atoms with van der Waals surface area (Å²) in [6.45, 7) is 1.97. The summed E-state index contributed by atoms with van der Waals surface area (Å²) in [6.07, 6.45) is 0. The molecule has 5 heteroatoms. The molecule has 0 aliphatic carbocycles. The minimum absolute atomic E-state index is 0.0954. The van der Waals surface area contributed by atoms with E-state index in [1.807, 2.05) is 11.4 Å². The van der Waals surface area contributed by atoms with E-state index >= 15 is 0 Å². The van der Waals surface area contributed by atoms with Gasteiger partial charge in [0.25, 0.3) is 0 Å². The lowest BCUT2D eigenvalue weighted by Crippen LogP contribution is -2.09. The van der Waals surface area contributed by atoms with Crippen LogP contribution in [0.4, 0.5) is 0 Å². The number of ether oxygens (including phenoxy) is 1. The fourth-order valence-electron chi connectivity index (χ4n) is 2.19. The number of hydrogen-bond donors (Lipinski definition) is 1. The zero-order chi connectivity index (χ0) is 14.3. The van der Waals surface area contributed by atoms with Gasteiger partial charge in [-0.3, -0.25) is 9.59 Å². The fourth-order valence-corrected chi connectivity index (χ4v) is 3.05. The van der Waals surface area contributed by atoms with Gasteiger partial charge >= 0.3 is 5.97 Å². The van der Waals surface area contributed by atoms with Crippen molar-refractivity contribution in [3.63, 3.8) is 0 Å². The molecule has 1 atom stereocenters. The van der Waals surface area contributed by atoms with Gasteiger partial charge in [0.15, 0.2) is 0 Å². The Morgan fingerprint density at radius 3 is 2.95 bits per heavy atom. The average Bonchev–Trinajstić information content (AvgIpc) is 2.87. The van der Waals surface area contributed by atoms with Crippen molar-refractivity contribution in [3.8, 4) is 5.75 Å². The molecule has 1 N–H and O–H groups in total. The number of carboxylic acid groups (broad SMARTS) is 1. The third kappa shape index (κ3) is 2.00. The van der Waals surface area contributed by atoms with E-state index in [0.29, 0.717) is 28.4 Å². The molecule has 4 nitrogen and oxygen atoms in total. The van der Waals surface area contributed by atoms with E-state index < -0.39 is 11.9 Å². The molecule has 3 rings (SSSR count). The Kier molecular flexibility index (Phi) is 3.06. The third-order valence-corrected chi connectivity index (χ3v) is 4.41. The van der Waals surface area contributed by atoms with Gasteiger partial charge in [0.2, 0.25) is 5.78 Å². The Labute approximate surface area is 119 Å². The minimum atomic E-state index is -0.913. The van der Waals surface area contributed by atoms with E-state index in [-0.39, 0.29) is 5.78 Å². The predicted octanol–water partition coefficient (Wildman–Crippen LogP) is 3.06. The molecule has 2 heterocycles. The normalized spacial score (nSPS) is 14.8. The standard InChI is InChI=1S/C15H12O4S/c1-8(15(17)18)9-2-3-12-11(6-9)13(16)14-10(7-19-12)4-5-20-14/h2-6,8H,7H2,1H3,(H,17,18). The predicted molar refractivity (Wildman–Crippen MR) is 74.6 cm³/mol. The topological polar surface area (TPSA) is 63.6 Å². The lowest BCUT2D eigenvalue weighted by Gasteiger charge is -2.11. The molecular weight excluding hydrogens is 276 g/mol. The number of fused-ring (bicyclic) bond motifs is 2.